The van der Waals surface area contributed by atoms with Gasteiger partial charge in [-0.2, -0.15) is 0 Å². The molecule has 192 valence electrons. The molecule has 0 saturated carbocycles. The lowest BCUT2D eigenvalue weighted by molar-refractivity contribution is -0.156. The van der Waals surface area contributed by atoms with Crippen molar-refractivity contribution >= 4 is 17.8 Å². The average Bonchev–Trinajstić information content (AvgIpc) is 2.89. The van der Waals surface area contributed by atoms with Gasteiger partial charge in [0.1, 0.15) is 12.0 Å². The summed E-state index contributed by atoms with van der Waals surface area (Å²) in [6.07, 6.45) is 2.97. The van der Waals surface area contributed by atoms with E-state index >= 15 is 0 Å². The van der Waals surface area contributed by atoms with Gasteiger partial charge in [0.15, 0.2) is 0 Å². The second-order valence-electron chi connectivity index (χ2n) is 8.72. The summed E-state index contributed by atoms with van der Waals surface area (Å²) in [5.74, 6) is -2.92. The number of hydrogen-bond donors (Lipinski definition) is 3. The van der Waals surface area contributed by atoms with Crippen LogP contribution in [0.5, 0.6) is 0 Å². The van der Waals surface area contributed by atoms with E-state index in [0.29, 0.717) is 6.42 Å². The predicted molar refractivity (Wildman–Crippen MR) is 140 cm³/mol. The fourth-order valence-corrected chi connectivity index (χ4v) is 3.78. The quantitative estimate of drug-likeness (QED) is 0.210. The van der Waals surface area contributed by atoms with Crippen molar-refractivity contribution in [2.24, 2.45) is 11.8 Å². The first kappa shape index (κ1) is 28.5. The van der Waals surface area contributed by atoms with Crippen LogP contribution >= 0.6 is 0 Å². The number of allylic oxidation sites excluding steroid dienone is 2. The summed E-state index contributed by atoms with van der Waals surface area (Å²) >= 11 is 0. The highest BCUT2D eigenvalue weighted by molar-refractivity contribution is 6.00. The van der Waals surface area contributed by atoms with Crippen LogP contribution in [0.2, 0.25) is 0 Å². The molecular formula is C29H36N2O5. The van der Waals surface area contributed by atoms with Crippen LogP contribution in [-0.4, -0.2) is 35.5 Å². The lowest BCUT2D eigenvalue weighted by atomic mass is 9.98. The van der Waals surface area contributed by atoms with Gasteiger partial charge in [0, 0.05) is 0 Å². The first-order valence-corrected chi connectivity index (χ1v) is 12.1. The molecule has 0 radical (unpaired) electrons. The van der Waals surface area contributed by atoms with E-state index in [4.69, 9.17) is 4.74 Å². The number of carbonyl (C=O) groups is 3. The molecule has 7 heteroatoms. The maximum atomic E-state index is 13.2. The van der Waals surface area contributed by atoms with E-state index in [1.165, 1.54) is 6.08 Å². The standard InChI is InChI=1S/C29H36N2O5/c1-5-13-20(3)29(35)36-26(23-17-11-8-12-18-23)21(4)30-27(33)24(14-6-2)28(34)31-25(19-32)22-15-9-7-10-16-22/h5-12,15-18,20-21,24-26,32H,1-2,13-14,19H2,3-4H3,(H,30,33)(H,31,34)/t20-,21+,24?,25-,26+/m0/s1. The summed E-state index contributed by atoms with van der Waals surface area (Å²) in [7, 11) is 0. The Morgan fingerprint density at radius 1 is 0.861 bits per heavy atom. The van der Waals surface area contributed by atoms with Gasteiger partial charge >= 0.3 is 5.97 Å². The number of esters is 1. The van der Waals surface area contributed by atoms with Gasteiger partial charge < -0.3 is 20.5 Å². The van der Waals surface area contributed by atoms with Gasteiger partial charge in [-0.05, 0) is 30.9 Å². The molecule has 1 unspecified atom stereocenters. The van der Waals surface area contributed by atoms with Gasteiger partial charge in [-0.15, -0.1) is 13.2 Å². The Morgan fingerprint density at radius 3 is 1.92 bits per heavy atom. The molecular weight excluding hydrogens is 456 g/mol. The maximum Gasteiger partial charge on any atom is 0.309 e. The van der Waals surface area contributed by atoms with Crippen molar-refractivity contribution in [2.45, 2.75) is 44.9 Å². The zero-order chi connectivity index (χ0) is 26.5. The lowest BCUT2D eigenvalue weighted by Crippen LogP contribution is -2.47. The Hall–Kier alpha value is -3.71. The Morgan fingerprint density at radius 2 is 1.39 bits per heavy atom. The smallest absolute Gasteiger partial charge is 0.309 e. The maximum absolute atomic E-state index is 13.2. The van der Waals surface area contributed by atoms with Crippen molar-refractivity contribution in [3.63, 3.8) is 0 Å². The Kier molecular flexibility index (Phi) is 11.6. The number of hydrogen-bond acceptors (Lipinski definition) is 5. The number of rotatable bonds is 14. The van der Waals surface area contributed by atoms with Crippen molar-refractivity contribution in [3.8, 4) is 0 Å². The van der Waals surface area contributed by atoms with Gasteiger partial charge in [0.05, 0.1) is 24.6 Å². The van der Waals surface area contributed by atoms with Crippen LogP contribution in [-0.2, 0) is 19.1 Å². The van der Waals surface area contributed by atoms with Crippen molar-refractivity contribution in [1.29, 1.82) is 0 Å². The highest BCUT2D eigenvalue weighted by atomic mass is 16.5. The molecule has 0 aliphatic heterocycles. The summed E-state index contributed by atoms with van der Waals surface area (Å²) in [5.41, 5.74) is 1.45. The third kappa shape index (κ3) is 8.20. The number of amides is 2. The molecule has 2 aromatic rings. The molecule has 0 aliphatic rings. The molecule has 0 fully saturated rings. The fourth-order valence-electron chi connectivity index (χ4n) is 3.78. The van der Waals surface area contributed by atoms with Crippen LogP contribution in [0, 0.1) is 11.8 Å². The van der Waals surface area contributed by atoms with Crippen LogP contribution < -0.4 is 10.6 Å². The van der Waals surface area contributed by atoms with E-state index in [-0.39, 0.29) is 18.9 Å². The van der Waals surface area contributed by atoms with Crippen molar-refractivity contribution in [1.82, 2.24) is 10.6 Å². The van der Waals surface area contributed by atoms with Crippen molar-refractivity contribution < 1.29 is 24.2 Å². The van der Waals surface area contributed by atoms with E-state index in [2.05, 4.69) is 23.8 Å². The minimum atomic E-state index is -1.07. The van der Waals surface area contributed by atoms with Crippen LogP contribution in [0.1, 0.15) is 50.0 Å². The topological polar surface area (TPSA) is 105 Å². The van der Waals surface area contributed by atoms with E-state index in [1.54, 1.807) is 44.2 Å². The molecule has 2 rings (SSSR count). The van der Waals surface area contributed by atoms with E-state index in [0.717, 1.165) is 11.1 Å². The molecule has 0 aliphatic carbocycles. The highest BCUT2D eigenvalue weighted by Gasteiger charge is 2.32. The van der Waals surface area contributed by atoms with E-state index in [9.17, 15) is 19.5 Å². The average molecular weight is 493 g/mol. The zero-order valence-corrected chi connectivity index (χ0v) is 20.9. The molecule has 0 bridgehead atoms. The normalized spacial score (nSPS) is 14.9. The number of nitrogens with one attached hydrogen (secondary N) is 2. The van der Waals surface area contributed by atoms with E-state index in [1.807, 2.05) is 36.4 Å². The summed E-state index contributed by atoms with van der Waals surface area (Å²) in [6, 6.07) is 16.9. The van der Waals surface area contributed by atoms with Crippen LogP contribution in [0.3, 0.4) is 0 Å². The van der Waals surface area contributed by atoms with Gasteiger partial charge in [-0.1, -0.05) is 79.7 Å². The number of aliphatic hydroxyl groups is 1. The van der Waals surface area contributed by atoms with Gasteiger partial charge in [-0.3, -0.25) is 14.4 Å². The number of carbonyl (C=O) groups excluding carboxylic acids is 3. The molecule has 7 nitrogen and oxygen atoms in total. The van der Waals surface area contributed by atoms with Gasteiger partial charge in [-0.25, -0.2) is 0 Å². The SMILES string of the molecule is C=CCC(C(=O)N[C@@H](CO)c1ccccc1)C(=O)N[C@H](C)[C@@H](OC(=O)[C@@H](C)CC=C)c1ccccc1. The molecule has 2 amide bonds. The largest absolute Gasteiger partial charge is 0.455 e. The van der Waals surface area contributed by atoms with Gasteiger partial charge in [0.25, 0.3) is 0 Å². The van der Waals surface area contributed by atoms with Crippen LogP contribution in [0.4, 0.5) is 0 Å². The van der Waals surface area contributed by atoms with Crippen LogP contribution in [0.15, 0.2) is 86.0 Å². The Bertz CT molecular complexity index is 1010. The molecule has 36 heavy (non-hydrogen) atoms. The lowest BCUT2D eigenvalue weighted by Gasteiger charge is -2.28. The molecule has 0 spiro atoms. The summed E-state index contributed by atoms with van der Waals surface area (Å²) in [6.45, 7) is 10.5. The molecule has 5 atom stereocenters. The van der Waals surface area contributed by atoms with Crippen molar-refractivity contribution in [3.05, 3.63) is 97.1 Å². The predicted octanol–water partition coefficient (Wildman–Crippen LogP) is 4.03. The van der Waals surface area contributed by atoms with Crippen molar-refractivity contribution in [2.75, 3.05) is 6.61 Å². The molecule has 0 heterocycles. The zero-order valence-electron chi connectivity index (χ0n) is 20.9. The number of aliphatic hydroxyl groups excluding tert-OH is 1. The first-order valence-electron chi connectivity index (χ1n) is 12.1. The third-order valence-corrected chi connectivity index (χ3v) is 5.85. The van der Waals surface area contributed by atoms with E-state index < -0.39 is 41.9 Å². The highest BCUT2D eigenvalue weighted by Crippen LogP contribution is 2.24. The molecule has 0 saturated heterocycles. The molecule has 3 N–H and O–H groups in total. The summed E-state index contributed by atoms with van der Waals surface area (Å²) in [4.78, 5) is 38.9. The minimum absolute atomic E-state index is 0.101. The monoisotopic (exact) mass is 492 g/mol. The molecule has 0 aromatic heterocycles. The Labute approximate surface area is 213 Å². The third-order valence-electron chi connectivity index (χ3n) is 5.85. The van der Waals surface area contributed by atoms with Crippen LogP contribution in [0.25, 0.3) is 0 Å². The second kappa shape index (κ2) is 14.6. The number of benzene rings is 2. The summed E-state index contributed by atoms with van der Waals surface area (Å²) in [5, 5.41) is 15.4. The Balaban J connectivity index is 2.18. The number of ether oxygens (including phenoxy) is 1. The second-order valence-corrected chi connectivity index (χ2v) is 8.72. The molecule has 2 aromatic carbocycles. The fraction of sp³-hybridized carbons (Fsp3) is 0.345. The van der Waals surface area contributed by atoms with Gasteiger partial charge in [0.2, 0.25) is 11.8 Å². The minimum Gasteiger partial charge on any atom is -0.455 e. The first-order chi connectivity index (χ1) is 17.3. The summed E-state index contributed by atoms with van der Waals surface area (Å²) < 4.78 is 5.80.